The van der Waals surface area contributed by atoms with Crippen LogP contribution in [0.4, 0.5) is 5.82 Å². The molecule has 4 nitrogen and oxygen atoms in total. The van der Waals surface area contributed by atoms with Gasteiger partial charge in [0.05, 0.1) is 13.0 Å². The second-order valence-corrected chi connectivity index (χ2v) is 4.73. The summed E-state index contributed by atoms with van der Waals surface area (Å²) in [6.07, 6.45) is 1.83. The maximum Gasteiger partial charge on any atom is 0.229 e. The normalized spacial score (nSPS) is 9.62. The molecule has 0 spiro atoms. The average molecular weight is 300 g/mol. The van der Waals surface area contributed by atoms with Crippen molar-refractivity contribution in [2.75, 3.05) is 11.9 Å². The van der Waals surface area contributed by atoms with Crippen LogP contribution in [0.15, 0.2) is 42.6 Å². The lowest BCUT2D eigenvalue weighted by molar-refractivity contribution is -0.115. The first kappa shape index (κ1) is 15.0. The molecule has 0 unspecified atom stereocenters. The highest BCUT2D eigenvalue weighted by Gasteiger charge is 2.05. The van der Waals surface area contributed by atoms with Gasteiger partial charge in [-0.3, -0.25) is 4.79 Å². The summed E-state index contributed by atoms with van der Waals surface area (Å²) in [6, 6.07) is 10.7. The molecule has 0 saturated heterocycles. The highest BCUT2D eigenvalue weighted by atomic mass is 35.5. The lowest BCUT2D eigenvalue weighted by Crippen LogP contribution is -2.15. The summed E-state index contributed by atoms with van der Waals surface area (Å²) in [4.78, 5) is 16.1. The predicted molar refractivity (Wildman–Crippen MR) is 84.0 cm³/mol. The second-order valence-electron chi connectivity index (χ2n) is 4.29. The second kappa shape index (κ2) is 7.44. The van der Waals surface area contributed by atoms with Crippen LogP contribution < -0.4 is 11.1 Å². The van der Waals surface area contributed by atoms with Crippen LogP contribution in [0.25, 0.3) is 0 Å². The standard InChI is InChI=1S/C16H14ClN3O/c17-14-5-1-3-13(9-14)11-16(21)20-15-10-12(4-2-7-18)6-8-19-15/h1,3,5-6,8-10H,7,11,18H2,(H,19,20,21). The van der Waals surface area contributed by atoms with Crippen molar-refractivity contribution in [3.63, 3.8) is 0 Å². The van der Waals surface area contributed by atoms with E-state index in [9.17, 15) is 4.79 Å². The number of aromatic nitrogens is 1. The highest BCUT2D eigenvalue weighted by molar-refractivity contribution is 6.30. The third-order valence-corrected chi connectivity index (χ3v) is 2.85. The van der Waals surface area contributed by atoms with Crippen LogP contribution in [0.1, 0.15) is 11.1 Å². The number of nitrogens with one attached hydrogen (secondary N) is 1. The molecule has 1 amide bonds. The molecule has 0 radical (unpaired) electrons. The van der Waals surface area contributed by atoms with E-state index in [0.29, 0.717) is 17.4 Å². The molecule has 1 aromatic carbocycles. The maximum absolute atomic E-state index is 12.0. The van der Waals surface area contributed by atoms with Crippen LogP contribution in [0.3, 0.4) is 0 Å². The van der Waals surface area contributed by atoms with Crippen molar-refractivity contribution >= 4 is 23.3 Å². The van der Waals surface area contributed by atoms with Gasteiger partial charge in [0.1, 0.15) is 5.82 Å². The van der Waals surface area contributed by atoms with Crippen LogP contribution in [0.2, 0.25) is 5.02 Å². The molecule has 0 aliphatic heterocycles. The van der Waals surface area contributed by atoms with Gasteiger partial charge in [-0.05, 0) is 29.8 Å². The first-order valence-corrected chi connectivity index (χ1v) is 6.74. The van der Waals surface area contributed by atoms with Crippen molar-refractivity contribution in [1.29, 1.82) is 0 Å². The van der Waals surface area contributed by atoms with Crippen LogP contribution in [0, 0.1) is 11.8 Å². The number of nitrogens with two attached hydrogens (primary N) is 1. The fourth-order valence-electron chi connectivity index (χ4n) is 1.75. The van der Waals surface area contributed by atoms with Crippen LogP contribution in [0.5, 0.6) is 0 Å². The number of hydrogen-bond donors (Lipinski definition) is 2. The molecule has 0 aliphatic carbocycles. The third kappa shape index (κ3) is 4.92. The fraction of sp³-hybridized carbons (Fsp3) is 0.125. The molecule has 2 rings (SSSR count). The Balaban J connectivity index is 2.02. The van der Waals surface area contributed by atoms with Crippen LogP contribution in [-0.4, -0.2) is 17.4 Å². The molecule has 106 valence electrons. The Morgan fingerprint density at radius 2 is 2.19 bits per heavy atom. The fourth-order valence-corrected chi connectivity index (χ4v) is 1.96. The third-order valence-electron chi connectivity index (χ3n) is 2.62. The van der Waals surface area contributed by atoms with E-state index in [1.54, 1.807) is 30.5 Å². The molecular formula is C16H14ClN3O. The number of amides is 1. The van der Waals surface area contributed by atoms with Gasteiger partial charge in [0.25, 0.3) is 0 Å². The summed E-state index contributed by atoms with van der Waals surface area (Å²) in [5.41, 5.74) is 6.93. The van der Waals surface area contributed by atoms with Gasteiger partial charge in [0.15, 0.2) is 0 Å². The number of halogens is 1. The molecule has 1 heterocycles. The minimum atomic E-state index is -0.159. The van der Waals surface area contributed by atoms with E-state index in [0.717, 1.165) is 11.1 Å². The molecule has 3 N–H and O–H groups in total. The zero-order chi connectivity index (χ0) is 15.1. The minimum absolute atomic E-state index is 0.159. The largest absolute Gasteiger partial charge is 0.320 e. The number of benzene rings is 1. The molecule has 0 atom stereocenters. The van der Waals surface area contributed by atoms with Crippen LogP contribution in [-0.2, 0) is 11.2 Å². The number of carbonyl (C=O) groups is 1. The maximum atomic E-state index is 12.0. The zero-order valence-corrected chi connectivity index (χ0v) is 12.0. The quantitative estimate of drug-likeness (QED) is 0.854. The summed E-state index contributed by atoms with van der Waals surface area (Å²) in [5, 5.41) is 3.34. The van der Waals surface area contributed by atoms with Crippen LogP contribution >= 0.6 is 11.6 Å². The summed E-state index contributed by atoms with van der Waals surface area (Å²) in [5.74, 6) is 5.95. The molecule has 1 aromatic heterocycles. The lowest BCUT2D eigenvalue weighted by Gasteiger charge is -2.05. The van der Waals surface area contributed by atoms with E-state index in [1.165, 1.54) is 0 Å². The highest BCUT2D eigenvalue weighted by Crippen LogP contribution is 2.12. The summed E-state index contributed by atoms with van der Waals surface area (Å²) in [7, 11) is 0. The van der Waals surface area contributed by atoms with Crippen molar-refractivity contribution in [3.05, 3.63) is 58.7 Å². The van der Waals surface area contributed by atoms with Gasteiger partial charge in [0.2, 0.25) is 5.91 Å². The minimum Gasteiger partial charge on any atom is -0.320 e. The Kier molecular flexibility index (Phi) is 5.33. The van der Waals surface area contributed by atoms with Gasteiger partial charge in [-0.15, -0.1) is 0 Å². The van der Waals surface area contributed by atoms with Gasteiger partial charge in [-0.25, -0.2) is 4.98 Å². The number of pyridine rings is 1. The molecular weight excluding hydrogens is 286 g/mol. The topological polar surface area (TPSA) is 68.0 Å². The molecule has 0 saturated carbocycles. The van der Waals surface area contributed by atoms with Gasteiger partial charge in [-0.2, -0.15) is 0 Å². The first-order valence-electron chi connectivity index (χ1n) is 6.36. The van der Waals surface area contributed by atoms with Crippen molar-refractivity contribution < 1.29 is 4.79 Å². The Bertz CT molecular complexity index is 704. The Morgan fingerprint density at radius 3 is 2.95 bits per heavy atom. The van der Waals surface area contributed by atoms with E-state index in [4.69, 9.17) is 17.3 Å². The number of hydrogen-bond acceptors (Lipinski definition) is 3. The van der Waals surface area contributed by atoms with Crippen molar-refractivity contribution in [2.24, 2.45) is 5.73 Å². The Hall–Kier alpha value is -2.35. The Labute approximate surface area is 128 Å². The number of rotatable bonds is 3. The summed E-state index contributed by atoms with van der Waals surface area (Å²) in [6.45, 7) is 0.290. The van der Waals surface area contributed by atoms with Crippen molar-refractivity contribution in [2.45, 2.75) is 6.42 Å². The summed E-state index contributed by atoms with van der Waals surface area (Å²) < 4.78 is 0. The monoisotopic (exact) mass is 299 g/mol. The number of anilines is 1. The molecule has 21 heavy (non-hydrogen) atoms. The molecule has 0 bridgehead atoms. The number of nitrogens with zero attached hydrogens (tertiary/aromatic N) is 1. The molecule has 0 fully saturated rings. The number of carbonyl (C=O) groups excluding carboxylic acids is 1. The SMILES string of the molecule is NCC#Cc1ccnc(NC(=O)Cc2cccc(Cl)c2)c1. The first-order chi connectivity index (χ1) is 10.2. The van der Waals surface area contributed by atoms with Gasteiger partial charge < -0.3 is 11.1 Å². The van der Waals surface area contributed by atoms with Crippen molar-refractivity contribution in [3.8, 4) is 11.8 Å². The van der Waals surface area contributed by atoms with E-state index >= 15 is 0 Å². The zero-order valence-electron chi connectivity index (χ0n) is 11.3. The van der Waals surface area contributed by atoms with E-state index in [-0.39, 0.29) is 12.3 Å². The lowest BCUT2D eigenvalue weighted by atomic mass is 10.1. The smallest absolute Gasteiger partial charge is 0.229 e. The Morgan fingerprint density at radius 1 is 1.33 bits per heavy atom. The molecule has 0 aliphatic rings. The predicted octanol–water partition coefficient (Wildman–Crippen LogP) is 2.23. The van der Waals surface area contributed by atoms with Gasteiger partial charge >= 0.3 is 0 Å². The van der Waals surface area contributed by atoms with E-state index in [1.807, 2.05) is 12.1 Å². The molecule has 5 heteroatoms. The molecule has 2 aromatic rings. The van der Waals surface area contributed by atoms with E-state index < -0.39 is 0 Å². The van der Waals surface area contributed by atoms with Crippen molar-refractivity contribution in [1.82, 2.24) is 4.98 Å². The van der Waals surface area contributed by atoms with Gasteiger partial charge in [0, 0.05) is 16.8 Å². The average Bonchev–Trinajstić information content (AvgIpc) is 2.45. The summed E-state index contributed by atoms with van der Waals surface area (Å²) >= 11 is 5.89. The van der Waals surface area contributed by atoms with E-state index in [2.05, 4.69) is 22.1 Å². The van der Waals surface area contributed by atoms with Gasteiger partial charge in [-0.1, -0.05) is 35.6 Å².